The molecule has 170 valence electrons. The first kappa shape index (κ1) is 22.1. The summed E-state index contributed by atoms with van der Waals surface area (Å²) in [6, 6.07) is 6.49. The Morgan fingerprint density at radius 2 is 1.97 bits per heavy atom. The number of alkyl halides is 3. The van der Waals surface area contributed by atoms with Gasteiger partial charge in [0.15, 0.2) is 5.60 Å². The first-order valence-corrected chi connectivity index (χ1v) is 10.2. The normalized spacial score (nSPS) is 23.2. The molecule has 1 aromatic heterocycles. The van der Waals surface area contributed by atoms with E-state index in [2.05, 4.69) is 10.3 Å². The topological polar surface area (TPSA) is 85.4 Å². The van der Waals surface area contributed by atoms with Crippen LogP contribution < -0.4 is 10.9 Å². The number of halogens is 4. The van der Waals surface area contributed by atoms with Gasteiger partial charge in [-0.1, -0.05) is 13.0 Å². The summed E-state index contributed by atoms with van der Waals surface area (Å²) in [5.74, 6) is -2.08. The minimum absolute atomic E-state index is 0.0545. The van der Waals surface area contributed by atoms with Crippen LogP contribution in [0.3, 0.4) is 0 Å². The number of pyridine rings is 1. The first-order chi connectivity index (χ1) is 15.0. The van der Waals surface area contributed by atoms with E-state index in [4.69, 9.17) is 0 Å². The average molecular weight is 450 g/mol. The van der Waals surface area contributed by atoms with Crippen molar-refractivity contribution in [3.8, 4) is 5.75 Å². The standard InChI is InChI=1S/C23H22F4N2O3/c1-3-12-10-22(32,23(25,26)27)21(14-9-15(24)11(2)20(31)19(12)14)29-17-6-4-5-16-13(17)7-8-18(30)28-16/h4-9,12,21,29,31-32H,3,10H2,1-2H3,(H,28,30)/t12-,21?,22-/m1/s1. The Hall–Kier alpha value is -3.07. The number of H-pyrrole nitrogens is 1. The van der Waals surface area contributed by atoms with Gasteiger partial charge in [-0.2, -0.15) is 13.2 Å². The highest BCUT2D eigenvalue weighted by molar-refractivity contribution is 5.91. The molecule has 1 aliphatic carbocycles. The monoisotopic (exact) mass is 450 g/mol. The predicted molar refractivity (Wildman–Crippen MR) is 112 cm³/mol. The van der Waals surface area contributed by atoms with Crippen molar-refractivity contribution in [1.29, 1.82) is 0 Å². The number of phenols is 1. The van der Waals surface area contributed by atoms with Crippen molar-refractivity contribution in [3.05, 3.63) is 69.3 Å². The summed E-state index contributed by atoms with van der Waals surface area (Å²) in [7, 11) is 0. The molecule has 0 bridgehead atoms. The van der Waals surface area contributed by atoms with Crippen LogP contribution in [-0.2, 0) is 0 Å². The number of benzene rings is 2. The van der Waals surface area contributed by atoms with Crippen molar-refractivity contribution >= 4 is 16.6 Å². The third-order valence-corrected chi connectivity index (χ3v) is 6.37. The minimum Gasteiger partial charge on any atom is -0.507 e. The van der Waals surface area contributed by atoms with Crippen LogP contribution in [0.4, 0.5) is 23.2 Å². The van der Waals surface area contributed by atoms with E-state index >= 15 is 0 Å². The zero-order valence-corrected chi connectivity index (χ0v) is 17.3. The molecule has 0 amide bonds. The van der Waals surface area contributed by atoms with Crippen molar-refractivity contribution in [1.82, 2.24) is 4.98 Å². The molecule has 9 heteroatoms. The largest absolute Gasteiger partial charge is 0.507 e. The van der Waals surface area contributed by atoms with Gasteiger partial charge in [0.1, 0.15) is 11.6 Å². The maximum absolute atomic E-state index is 14.6. The second kappa shape index (κ2) is 7.51. The maximum Gasteiger partial charge on any atom is 0.419 e. The van der Waals surface area contributed by atoms with Gasteiger partial charge in [0.05, 0.1) is 11.6 Å². The van der Waals surface area contributed by atoms with E-state index in [-0.39, 0.29) is 34.4 Å². The maximum atomic E-state index is 14.6. The minimum atomic E-state index is -5.04. The molecule has 4 rings (SSSR count). The summed E-state index contributed by atoms with van der Waals surface area (Å²) in [4.78, 5) is 14.2. The lowest BCUT2D eigenvalue weighted by Crippen LogP contribution is -2.55. The van der Waals surface area contributed by atoms with Gasteiger partial charge in [-0.25, -0.2) is 4.39 Å². The Morgan fingerprint density at radius 3 is 2.62 bits per heavy atom. The van der Waals surface area contributed by atoms with E-state index in [1.807, 2.05) is 0 Å². The van der Waals surface area contributed by atoms with Crippen LogP contribution in [0, 0.1) is 12.7 Å². The Balaban J connectivity index is 1.97. The number of aromatic amines is 1. The SMILES string of the molecule is CC[C@@H]1C[C@](O)(C(F)(F)F)C(Nc2cccc3[nH]c(=O)ccc23)c2cc(F)c(C)c(O)c21. The van der Waals surface area contributed by atoms with Crippen LogP contribution in [-0.4, -0.2) is 27.0 Å². The highest BCUT2D eigenvalue weighted by Crippen LogP contribution is 2.55. The van der Waals surface area contributed by atoms with Crippen LogP contribution in [0.15, 0.2) is 41.2 Å². The van der Waals surface area contributed by atoms with Gasteiger partial charge in [-0.15, -0.1) is 0 Å². The van der Waals surface area contributed by atoms with Crippen LogP contribution >= 0.6 is 0 Å². The Morgan fingerprint density at radius 1 is 1.25 bits per heavy atom. The summed E-state index contributed by atoms with van der Waals surface area (Å²) < 4.78 is 57.3. The van der Waals surface area contributed by atoms with Crippen molar-refractivity contribution < 1.29 is 27.8 Å². The summed E-state index contributed by atoms with van der Waals surface area (Å²) in [6.45, 7) is 3.00. The first-order valence-electron chi connectivity index (χ1n) is 10.2. The number of aromatic nitrogens is 1. The molecule has 0 fully saturated rings. The smallest absolute Gasteiger partial charge is 0.419 e. The van der Waals surface area contributed by atoms with E-state index in [9.17, 15) is 32.6 Å². The Bertz CT molecular complexity index is 1250. The fraction of sp³-hybridized carbons (Fsp3) is 0.348. The van der Waals surface area contributed by atoms with Crippen molar-refractivity contribution in [3.63, 3.8) is 0 Å². The number of nitrogens with one attached hydrogen (secondary N) is 2. The number of hydrogen-bond donors (Lipinski definition) is 4. The lowest BCUT2D eigenvalue weighted by molar-refractivity contribution is -0.272. The molecule has 0 radical (unpaired) electrons. The fourth-order valence-corrected chi connectivity index (χ4v) is 4.59. The zero-order valence-electron chi connectivity index (χ0n) is 17.3. The van der Waals surface area contributed by atoms with E-state index in [0.29, 0.717) is 10.9 Å². The van der Waals surface area contributed by atoms with Crippen molar-refractivity contribution in [2.24, 2.45) is 0 Å². The number of aromatic hydroxyl groups is 1. The summed E-state index contributed by atoms with van der Waals surface area (Å²) in [6.07, 6.45) is -5.52. The third kappa shape index (κ3) is 3.31. The molecule has 1 heterocycles. The van der Waals surface area contributed by atoms with Crippen LogP contribution in [0.2, 0.25) is 0 Å². The number of aliphatic hydroxyl groups is 1. The molecule has 0 aliphatic heterocycles. The predicted octanol–water partition coefficient (Wildman–Crippen LogP) is 5.03. The van der Waals surface area contributed by atoms with Gasteiger partial charge < -0.3 is 20.5 Å². The molecule has 3 aromatic rings. The number of hydrogen-bond acceptors (Lipinski definition) is 4. The Kier molecular flexibility index (Phi) is 5.20. The molecule has 32 heavy (non-hydrogen) atoms. The lowest BCUT2D eigenvalue weighted by Gasteiger charge is -2.46. The number of phenolic OH excluding ortho intramolecular Hbond substituents is 1. The molecule has 0 spiro atoms. The second-order valence-electron chi connectivity index (χ2n) is 8.23. The van der Waals surface area contributed by atoms with Crippen LogP contribution in [0.25, 0.3) is 10.9 Å². The zero-order chi connectivity index (χ0) is 23.4. The van der Waals surface area contributed by atoms with Gasteiger partial charge in [-0.05, 0) is 55.5 Å². The van der Waals surface area contributed by atoms with Gasteiger partial charge in [-0.3, -0.25) is 4.79 Å². The number of anilines is 1. The van der Waals surface area contributed by atoms with E-state index < -0.39 is 41.7 Å². The van der Waals surface area contributed by atoms with Gasteiger partial charge in [0.25, 0.3) is 0 Å². The molecule has 1 unspecified atom stereocenters. The lowest BCUT2D eigenvalue weighted by atomic mass is 9.68. The fourth-order valence-electron chi connectivity index (χ4n) is 4.59. The molecule has 5 nitrogen and oxygen atoms in total. The molecular formula is C23H22F4N2O3. The third-order valence-electron chi connectivity index (χ3n) is 6.37. The summed E-state index contributed by atoms with van der Waals surface area (Å²) in [5, 5.41) is 24.8. The van der Waals surface area contributed by atoms with Crippen molar-refractivity contribution in [2.75, 3.05) is 5.32 Å². The average Bonchev–Trinajstić information content (AvgIpc) is 2.72. The van der Waals surface area contributed by atoms with Crippen molar-refractivity contribution in [2.45, 2.75) is 50.4 Å². The van der Waals surface area contributed by atoms with Gasteiger partial charge in [0, 0.05) is 28.3 Å². The molecule has 3 atom stereocenters. The number of rotatable bonds is 3. The molecule has 2 aromatic carbocycles. The molecular weight excluding hydrogens is 428 g/mol. The van der Waals surface area contributed by atoms with Crippen LogP contribution in [0.1, 0.15) is 48.4 Å². The van der Waals surface area contributed by atoms with E-state index in [1.54, 1.807) is 19.1 Å². The van der Waals surface area contributed by atoms with Gasteiger partial charge in [0.2, 0.25) is 5.56 Å². The molecule has 0 saturated carbocycles. The summed E-state index contributed by atoms with van der Waals surface area (Å²) >= 11 is 0. The molecule has 1 aliphatic rings. The Labute approximate surface area is 180 Å². The molecule has 4 N–H and O–H groups in total. The van der Waals surface area contributed by atoms with Crippen LogP contribution in [0.5, 0.6) is 5.75 Å². The number of fused-ring (bicyclic) bond motifs is 2. The molecule has 0 saturated heterocycles. The highest BCUT2D eigenvalue weighted by atomic mass is 19.4. The quantitative estimate of drug-likeness (QED) is 0.422. The summed E-state index contributed by atoms with van der Waals surface area (Å²) in [5.41, 5.74) is -3.00. The van der Waals surface area contributed by atoms with Gasteiger partial charge >= 0.3 is 6.18 Å². The highest BCUT2D eigenvalue weighted by Gasteiger charge is 2.62. The second-order valence-corrected chi connectivity index (χ2v) is 8.23. The van der Waals surface area contributed by atoms with E-state index in [1.165, 1.54) is 25.1 Å². The van der Waals surface area contributed by atoms with E-state index in [0.717, 1.165) is 6.07 Å².